The maximum atomic E-state index is 5.79. The van der Waals surface area contributed by atoms with E-state index in [0.29, 0.717) is 5.95 Å². The highest BCUT2D eigenvalue weighted by molar-refractivity contribution is 5.81. The Labute approximate surface area is 130 Å². The molecule has 1 aliphatic heterocycles. The van der Waals surface area contributed by atoms with E-state index in [4.69, 9.17) is 5.73 Å². The van der Waals surface area contributed by atoms with Gasteiger partial charge in [0, 0.05) is 31.9 Å². The molecule has 0 radical (unpaired) electrons. The van der Waals surface area contributed by atoms with Gasteiger partial charge >= 0.3 is 0 Å². The van der Waals surface area contributed by atoms with Crippen LogP contribution in [0.2, 0.25) is 0 Å². The number of rotatable bonds is 3. The van der Waals surface area contributed by atoms with Gasteiger partial charge < -0.3 is 15.5 Å². The van der Waals surface area contributed by atoms with E-state index in [1.54, 1.807) is 4.68 Å². The lowest BCUT2D eigenvalue weighted by Gasteiger charge is -2.34. The van der Waals surface area contributed by atoms with E-state index in [-0.39, 0.29) is 0 Å². The number of aryl methyl sites for hydroxylation is 1. The van der Waals surface area contributed by atoms with Crippen LogP contribution in [0.5, 0.6) is 0 Å². The second kappa shape index (κ2) is 6.19. The van der Waals surface area contributed by atoms with Crippen LogP contribution in [0.3, 0.4) is 0 Å². The van der Waals surface area contributed by atoms with Crippen LogP contribution in [0.25, 0.3) is 0 Å². The van der Waals surface area contributed by atoms with Crippen molar-refractivity contribution >= 4 is 17.9 Å². The van der Waals surface area contributed by atoms with E-state index >= 15 is 0 Å². The third kappa shape index (κ3) is 3.28. The van der Waals surface area contributed by atoms with Crippen LogP contribution in [0.4, 0.5) is 11.6 Å². The Kier molecular flexibility index (Phi) is 4.11. The topological polar surface area (TPSA) is 62.7 Å². The van der Waals surface area contributed by atoms with Crippen molar-refractivity contribution in [2.45, 2.75) is 6.92 Å². The molecule has 6 heteroatoms. The van der Waals surface area contributed by atoms with Gasteiger partial charge in [-0.3, -0.25) is 0 Å². The van der Waals surface area contributed by atoms with E-state index in [1.165, 1.54) is 5.69 Å². The van der Waals surface area contributed by atoms with E-state index < -0.39 is 0 Å². The first-order valence-electron chi connectivity index (χ1n) is 7.51. The van der Waals surface area contributed by atoms with Gasteiger partial charge in [0.2, 0.25) is 5.95 Å². The molecular weight excluding hydrogens is 276 g/mol. The minimum Gasteiger partial charge on any atom is -0.369 e. The first-order chi connectivity index (χ1) is 10.6. The maximum Gasteiger partial charge on any atom is 0.221 e. The molecule has 22 heavy (non-hydrogen) atoms. The van der Waals surface area contributed by atoms with Gasteiger partial charge in [-0.05, 0) is 31.7 Å². The van der Waals surface area contributed by atoms with E-state index in [0.717, 1.165) is 37.4 Å². The number of nitrogens with zero attached hydrogens (tertiary/aromatic N) is 5. The van der Waals surface area contributed by atoms with Crippen LogP contribution in [0.15, 0.2) is 35.6 Å². The lowest BCUT2D eigenvalue weighted by Crippen LogP contribution is -2.44. The summed E-state index contributed by atoms with van der Waals surface area (Å²) >= 11 is 0. The highest BCUT2D eigenvalue weighted by atomic mass is 15.4. The van der Waals surface area contributed by atoms with E-state index in [9.17, 15) is 0 Å². The van der Waals surface area contributed by atoms with Gasteiger partial charge in [-0.25, -0.2) is 9.66 Å². The Morgan fingerprint density at radius 3 is 2.68 bits per heavy atom. The number of aromatic nitrogens is 2. The molecule has 2 heterocycles. The first kappa shape index (κ1) is 14.6. The van der Waals surface area contributed by atoms with Crippen molar-refractivity contribution < 1.29 is 0 Å². The lowest BCUT2D eigenvalue weighted by atomic mass is 10.2. The van der Waals surface area contributed by atoms with Crippen molar-refractivity contribution in [1.82, 2.24) is 14.6 Å². The summed E-state index contributed by atoms with van der Waals surface area (Å²) < 4.78 is 1.60. The van der Waals surface area contributed by atoms with Crippen LogP contribution < -0.4 is 10.6 Å². The van der Waals surface area contributed by atoms with Crippen molar-refractivity contribution in [3.05, 3.63) is 41.7 Å². The molecule has 1 aliphatic rings. The summed E-state index contributed by atoms with van der Waals surface area (Å²) in [6.45, 7) is 6.22. The summed E-state index contributed by atoms with van der Waals surface area (Å²) in [6, 6.07) is 8.42. The summed E-state index contributed by atoms with van der Waals surface area (Å²) in [5.74, 6) is 0.406. The zero-order valence-corrected chi connectivity index (χ0v) is 13.1. The number of likely N-dealkylation sites (N-methyl/N-ethyl adjacent to an activating group) is 1. The quantitative estimate of drug-likeness (QED) is 0.870. The van der Waals surface area contributed by atoms with Gasteiger partial charge in [0.05, 0.1) is 18.1 Å². The van der Waals surface area contributed by atoms with Crippen molar-refractivity contribution in [2.24, 2.45) is 5.10 Å². The van der Waals surface area contributed by atoms with Gasteiger partial charge in [-0.2, -0.15) is 5.10 Å². The van der Waals surface area contributed by atoms with Crippen molar-refractivity contribution in [2.75, 3.05) is 43.9 Å². The highest BCUT2D eigenvalue weighted by Gasteiger charge is 2.14. The van der Waals surface area contributed by atoms with Gasteiger partial charge in [0.25, 0.3) is 0 Å². The van der Waals surface area contributed by atoms with E-state index in [1.807, 2.05) is 25.4 Å². The minimum absolute atomic E-state index is 0.406. The SMILES string of the molecule is Cc1cn(N=Cc2cccc(N3CCN(C)CC3)c2)c(N)n1. The van der Waals surface area contributed by atoms with Crippen LogP contribution in [0, 0.1) is 6.92 Å². The molecule has 0 spiro atoms. The average Bonchev–Trinajstić information content (AvgIpc) is 2.84. The maximum absolute atomic E-state index is 5.79. The summed E-state index contributed by atoms with van der Waals surface area (Å²) in [7, 11) is 2.16. The number of imidazole rings is 1. The monoisotopic (exact) mass is 298 g/mol. The molecule has 2 N–H and O–H groups in total. The van der Waals surface area contributed by atoms with Crippen LogP contribution in [0.1, 0.15) is 11.3 Å². The van der Waals surface area contributed by atoms with Gasteiger partial charge in [-0.1, -0.05) is 12.1 Å². The summed E-state index contributed by atoms with van der Waals surface area (Å²) in [5.41, 5.74) is 8.95. The summed E-state index contributed by atoms with van der Waals surface area (Å²) in [4.78, 5) is 8.90. The predicted octanol–water partition coefficient (Wildman–Crippen LogP) is 1.41. The number of hydrogen-bond acceptors (Lipinski definition) is 5. The molecule has 1 aromatic heterocycles. The van der Waals surface area contributed by atoms with Crippen molar-refractivity contribution in [3.63, 3.8) is 0 Å². The summed E-state index contributed by atoms with van der Waals surface area (Å²) in [6.07, 6.45) is 3.63. The Morgan fingerprint density at radius 1 is 1.23 bits per heavy atom. The molecule has 3 rings (SSSR count). The second-order valence-corrected chi connectivity index (χ2v) is 5.71. The number of nitrogens with two attached hydrogens (primary N) is 1. The molecule has 0 atom stereocenters. The van der Waals surface area contributed by atoms with Crippen LogP contribution in [-0.4, -0.2) is 54.0 Å². The largest absolute Gasteiger partial charge is 0.369 e. The number of benzene rings is 1. The zero-order valence-electron chi connectivity index (χ0n) is 13.1. The van der Waals surface area contributed by atoms with Gasteiger partial charge in [0.15, 0.2) is 0 Å². The Morgan fingerprint density at radius 2 is 2.00 bits per heavy atom. The molecule has 1 aromatic carbocycles. The molecule has 0 saturated carbocycles. The smallest absolute Gasteiger partial charge is 0.221 e. The molecule has 1 fully saturated rings. The van der Waals surface area contributed by atoms with Gasteiger partial charge in [0.1, 0.15) is 0 Å². The molecule has 0 bridgehead atoms. The highest BCUT2D eigenvalue weighted by Crippen LogP contribution is 2.17. The fourth-order valence-corrected chi connectivity index (χ4v) is 2.59. The number of piperazine rings is 1. The Hall–Kier alpha value is -2.34. The minimum atomic E-state index is 0.406. The molecule has 116 valence electrons. The average molecular weight is 298 g/mol. The van der Waals surface area contributed by atoms with E-state index in [2.05, 4.69) is 45.1 Å². The van der Waals surface area contributed by atoms with Crippen LogP contribution >= 0.6 is 0 Å². The molecule has 0 unspecified atom stereocenters. The molecule has 0 amide bonds. The Bertz CT molecular complexity index is 667. The Balaban J connectivity index is 1.75. The number of nitrogen functional groups attached to an aromatic ring is 1. The molecular formula is C16H22N6. The van der Waals surface area contributed by atoms with Crippen LogP contribution in [-0.2, 0) is 0 Å². The fraction of sp³-hybridized carbons (Fsp3) is 0.375. The number of anilines is 2. The predicted molar refractivity (Wildman–Crippen MR) is 90.5 cm³/mol. The zero-order chi connectivity index (χ0) is 15.5. The summed E-state index contributed by atoms with van der Waals surface area (Å²) in [5, 5.41) is 4.37. The van der Waals surface area contributed by atoms with Crippen molar-refractivity contribution in [1.29, 1.82) is 0 Å². The second-order valence-electron chi connectivity index (χ2n) is 5.71. The normalized spacial score (nSPS) is 16.5. The first-order valence-corrected chi connectivity index (χ1v) is 7.51. The molecule has 6 nitrogen and oxygen atoms in total. The number of hydrogen-bond donors (Lipinski definition) is 1. The third-order valence-corrected chi connectivity index (χ3v) is 3.90. The van der Waals surface area contributed by atoms with Gasteiger partial charge in [-0.15, -0.1) is 0 Å². The fourth-order valence-electron chi connectivity index (χ4n) is 2.59. The molecule has 2 aromatic rings. The lowest BCUT2D eigenvalue weighted by molar-refractivity contribution is 0.313. The molecule has 1 saturated heterocycles. The van der Waals surface area contributed by atoms with Crippen molar-refractivity contribution in [3.8, 4) is 0 Å². The third-order valence-electron chi connectivity index (χ3n) is 3.90. The standard InChI is InChI=1S/C16H22N6/c1-13-12-22(16(17)19-13)18-11-14-4-3-5-15(10-14)21-8-6-20(2)7-9-21/h3-5,10-12H,6-9H2,1-2H3,(H2,17,19). The molecule has 0 aliphatic carbocycles.